The highest BCUT2D eigenvalue weighted by molar-refractivity contribution is 5.97. The molecule has 2 atom stereocenters. The summed E-state index contributed by atoms with van der Waals surface area (Å²) in [6.07, 6.45) is 0.906. The van der Waals surface area contributed by atoms with Gasteiger partial charge >= 0.3 is 0 Å². The molecule has 0 radical (unpaired) electrons. The number of anilines is 1. The van der Waals surface area contributed by atoms with Crippen LogP contribution in [0.25, 0.3) is 11.1 Å². The fourth-order valence-electron chi connectivity index (χ4n) is 4.25. The molecule has 2 N–H and O–H groups in total. The third kappa shape index (κ3) is 4.42. The molecule has 1 unspecified atom stereocenters. The molecule has 31 heavy (non-hydrogen) atoms. The first-order chi connectivity index (χ1) is 15.1. The Balaban J connectivity index is 1.50. The first-order valence-corrected chi connectivity index (χ1v) is 10.6. The fourth-order valence-corrected chi connectivity index (χ4v) is 4.25. The van der Waals surface area contributed by atoms with Crippen molar-refractivity contribution in [1.82, 2.24) is 0 Å². The molecule has 4 rings (SSSR count). The van der Waals surface area contributed by atoms with E-state index in [9.17, 15) is 4.79 Å². The lowest BCUT2D eigenvalue weighted by molar-refractivity contribution is -0.929. The number of ether oxygens (including phenoxy) is 2. The highest BCUT2D eigenvalue weighted by Crippen LogP contribution is 2.31. The van der Waals surface area contributed by atoms with Gasteiger partial charge in [-0.25, -0.2) is 0 Å². The van der Waals surface area contributed by atoms with E-state index < -0.39 is 0 Å². The molecule has 0 aliphatic carbocycles. The number of nitrogens with one attached hydrogen (secondary N) is 2. The molecule has 0 bridgehead atoms. The lowest BCUT2D eigenvalue weighted by Gasteiger charge is -2.30. The molecule has 3 aromatic rings. The van der Waals surface area contributed by atoms with E-state index >= 15 is 0 Å². The second kappa shape index (κ2) is 9.23. The van der Waals surface area contributed by atoms with Gasteiger partial charge in [-0.15, -0.1) is 0 Å². The SMILES string of the molecule is COc1cc2c(cc1OC)C[NH+]([C@H](C)C(=O)Nc1ccccc1-c1ccccc1)CC2. The van der Waals surface area contributed by atoms with Crippen LogP contribution in [0.4, 0.5) is 5.69 Å². The van der Waals surface area contributed by atoms with Gasteiger partial charge in [0, 0.05) is 23.2 Å². The Hall–Kier alpha value is -3.31. The zero-order valence-electron chi connectivity index (χ0n) is 18.3. The van der Waals surface area contributed by atoms with Gasteiger partial charge in [-0.3, -0.25) is 4.79 Å². The second-order valence-electron chi connectivity index (χ2n) is 7.93. The maximum atomic E-state index is 13.2. The lowest BCUT2D eigenvalue weighted by atomic mass is 9.97. The van der Waals surface area contributed by atoms with Gasteiger partial charge in [0.1, 0.15) is 6.54 Å². The lowest BCUT2D eigenvalue weighted by Crippen LogP contribution is -3.16. The highest BCUT2D eigenvalue weighted by atomic mass is 16.5. The molecular formula is C26H29N2O3+. The van der Waals surface area contributed by atoms with Crippen molar-refractivity contribution in [2.75, 3.05) is 26.1 Å². The normalized spacial score (nSPS) is 16.2. The van der Waals surface area contributed by atoms with Crippen molar-refractivity contribution >= 4 is 11.6 Å². The van der Waals surface area contributed by atoms with E-state index in [1.54, 1.807) is 14.2 Å². The number of fused-ring (bicyclic) bond motifs is 1. The van der Waals surface area contributed by atoms with Crippen LogP contribution >= 0.6 is 0 Å². The Bertz CT molecular complexity index is 1070. The Labute approximate surface area is 183 Å². The second-order valence-corrected chi connectivity index (χ2v) is 7.93. The van der Waals surface area contributed by atoms with Gasteiger partial charge in [0.2, 0.25) is 0 Å². The summed E-state index contributed by atoms with van der Waals surface area (Å²) in [5.41, 5.74) is 5.44. The van der Waals surface area contributed by atoms with E-state index in [0.29, 0.717) is 0 Å². The number of rotatable bonds is 6. The van der Waals surface area contributed by atoms with E-state index in [4.69, 9.17) is 9.47 Å². The minimum absolute atomic E-state index is 0.0299. The largest absolute Gasteiger partial charge is 0.493 e. The molecule has 5 nitrogen and oxygen atoms in total. The predicted octanol–water partition coefficient (Wildman–Crippen LogP) is 3.34. The Morgan fingerprint density at radius 1 is 0.935 bits per heavy atom. The minimum Gasteiger partial charge on any atom is -0.493 e. The molecule has 1 aliphatic heterocycles. The molecule has 0 fully saturated rings. The van der Waals surface area contributed by atoms with Gasteiger partial charge in [0.05, 0.1) is 20.8 Å². The van der Waals surface area contributed by atoms with Gasteiger partial charge in [0.15, 0.2) is 17.5 Å². The van der Waals surface area contributed by atoms with Crippen molar-refractivity contribution < 1.29 is 19.2 Å². The third-order valence-electron chi connectivity index (χ3n) is 6.11. The van der Waals surface area contributed by atoms with Crippen LogP contribution < -0.4 is 19.7 Å². The van der Waals surface area contributed by atoms with Crippen molar-refractivity contribution in [2.45, 2.75) is 25.9 Å². The maximum Gasteiger partial charge on any atom is 0.282 e. The van der Waals surface area contributed by atoms with Crippen LogP contribution in [-0.2, 0) is 17.8 Å². The number of benzene rings is 3. The van der Waals surface area contributed by atoms with Gasteiger partial charge in [-0.2, -0.15) is 0 Å². The van der Waals surface area contributed by atoms with Crippen LogP contribution in [0, 0.1) is 0 Å². The van der Waals surface area contributed by atoms with E-state index in [-0.39, 0.29) is 11.9 Å². The summed E-state index contributed by atoms with van der Waals surface area (Å²) in [5, 5.41) is 3.17. The molecule has 0 spiro atoms. The molecular weight excluding hydrogens is 388 g/mol. The quantitative estimate of drug-likeness (QED) is 0.647. The zero-order chi connectivity index (χ0) is 21.8. The standard InChI is InChI=1S/C26H28N2O3/c1-18(28-14-13-20-15-24(30-2)25(31-3)16-21(20)17-28)26(29)27-23-12-8-7-11-22(23)19-9-5-4-6-10-19/h4-12,15-16,18H,13-14,17H2,1-3H3,(H,27,29)/p+1/t18-/m1/s1. The topological polar surface area (TPSA) is 52.0 Å². The maximum absolute atomic E-state index is 13.2. The molecule has 5 heteroatoms. The van der Waals surface area contributed by atoms with Gasteiger partial charge in [-0.1, -0.05) is 48.5 Å². The van der Waals surface area contributed by atoms with Crippen LogP contribution in [0.2, 0.25) is 0 Å². The number of hydrogen-bond acceptors (Lipinski definition) is 3. The van der Waals surface area contributed by atoms with E-state index in [1.807, 2.05) is 55.5 Å². The van der Waals surface area contributed by atoms with Crippen LogP contribution in [0.15, 0.2) is 66.7 Å². The summed E-state index contributed by atoms with van der Waals surface area (Å²) in [6.45, 7) is 3.68. The number of hydrogen-bond donors (Lipinski definition) is 2. The molecule has 0 aromatic heterocycles. The van der Waals surface area contributed by atoms with Gasteiger partial charge in [-0.05, 0) is 36.2 Å². The van der Waals surface area contributed by atoms with Crippen molar-refractivity contribution in [3.8, 4) is 22.6 Å². The first-order valence-electron chi connectivity index (χ1n) is 10.6. The highest BCUT2D eigenvalue weighted by Gasteiger charge is 2.30. The third-order valence-corrected chi connectivity index (χ3v) is 6.11. The predicted molar refractivity (Wildman–Crippen MR) is 123 cm³/mol. The molecule has 1 aliphatic rings. The van der Waals surface area contributed by atoms with Crippen LogP contribution in [0.3, 0.4) is 0 Å². The summed E-state index contributed by atoms with van der Waals surface area (Å²) < 4.78 is 10.9. The number of methoxy groups -OCH3 is 2. The molecule has 160 valence electrons. The van der Waals surface area contributed by atoms with Crippen molar-refractivity contribution in [2.24, 2.45) is 0 Å². The van der Waals surface area contributed by atoms with Crippen molar-refractivity contribution in [3.05, 3.63) is 77.9 Å². The summed E-state index contributed by atoms with van der Waals surface area (Å²) in [7, 11) is 3.31. The first kappa shape index (κ1) is 20.9. The van der Waals surface area contributed by atoms with E-state index in [2.05, 4.69) is 23.5 Å². The summed E-state index contributed by atoms with van der Waals surface area (Å²) in [6, 6.07) is 22.0. The van der Waals surface area contributed by atoms with Crippen LogP contribution in [-0.4, -0.2) is 32.7 Å². The van der Waals surface area contributed by atoms with Crippen LogP contribution in [0.5, 0.6) is 11.5 Å². The van der Waals surface area contributed by atoms with Crippen LogP contribution in [0.1, 0.15) is 18.1 Å². The Morgan fingerprint density at radius 2 is 1.58 bits per heavy atom. The summed E-state index contributed by atoms with van der Waals surface area (Å²) >= 11 is 0. The molecule has 1 heterocycles. The monoisotopic (exact) mass is 417 g/mol. The Kier molecular flexibility index (Phi) is 6.23. The number of carbonyl (C=O) groups excluding carboxylic acids is 1. The molecule has 3 aromatic carbocycles. The molecule has 0 saturated carbocycles. The van der Waals surface area contributed by atoms with E-state index in [0.717, 1.165) is 47.8 Å². The number of quaternary nitrogens is 1. The zero-order valence-corrected chi connectivity index (χ0v) is 18.3. The summed E-state index contributed by atoms with van der Waals surface area (Å²) in [4.78, 5) is 14.4. The van der Waals surface area contributed by atoms with E-state index in [1.165, 1.54) is 16.0 Å². The summed E-state index contributed by atoms with van der Waals surface area (Å²) in [5.74, 6) is 1.52. The number of amides is 1. The van der Waals surface area contributed by atoms with Crippen molar-refractivity contribution in [1.29, 1.82) is 0 Å². The number of carbonyl (C=O) groups is 1. The smallest absolute Gasteiger partial charge is 0.282 e. The molecule has 0 saturated heterocycles. The molecule has 1 amide bonds. The fraction of sp³-hybridized carbons (Fsp3) is 0.269. The average Bonchev–Trinajstić information content (AvgIpc) is 2.83. The van der Waals surface area contributed by atoms with Crippen molar-refractivity contribution in [3.63, 3.8) is 0 Å². The minimum atomic E-state index is -0.176. The average molecular weight is 418 g/mol. The van der Waals surface area contributed by atoms with Gasteiger partial charge in [0.25, 0.3) is 5.91 Å². The number of para-hydroxylation sites is 1. The Morgan fingerprint density at radius 3 is 2.29 bits per heavy atom. The van der Waals surface area contributed by atoms with Gasteiger partial charge < -0.3 is 19.7 Å².